The third-order valence-electron chi connectivity index (χ3n) is 5.54. The number of alkyl halides is 3. The number of hydrogen-bond acceptors (Lipinski definition) is 6. The molecule has 174 valence electrons. The van der Waals surface area contributed by atoms with Crippen LogP contribution in [0.25, 0.3) is 0 Å². The van der Waals surface area contributed by atoms with Crippen molar-refractivity contribution < 1.29 is 27.9 Å². The van der Waals surface area contributed by atoms with Gasteiger partial charge in [-0.15, -0.1) is 0 Å². The van der Waals surface area contributed by atoms with E-state index in [1.54, 1.807) is 6.92 Å². The fourth-order valence-electron chi connectivity index (χ4n) is 3.54. The van der Waals surface area contributed by atoms with Crippen LogP contribution in [-0.4, -0.2) is 78.4 Å². The van der Waals surface area contributed by atoms with E-state index in [0.717, 1.165) is 57.5 Å². The first kappa shape index (κ1) is 24.9. The Hall–Kier alpha value is -2.40. The van der Waals surface area contributed by atoms with Gasteiger partial charge in [0.05, 0.1) is 0 Å². The van der Waals surface area contributed by atoms with E-state index < -0.39 is 12.1 Å². The van der Waals surface area contributed by atoms with Crippen LogP contribution in [0.1, 0.15) is 25.8 Å². The highest BCUT2D eigenvalue weighted by Crippen LogP contribution is 2.17. The summed E-state index contributed by atoms with van der Waals surface area (Å²) < 4.78 is 31.7. The smallest absolute Gasteiger partial charge is 0.475 e. The lowest BCUT2D eigenvalue weighted by molar-refractivity contribution is -0.192. The SMILES string of the molecule is CC(=O)N1CCN(c2cc(CNC(C)C3CCNC3)ccn2)CC1.O=C(O)C(F)(F)F. The van der Waals surface area contributed by atoms with Crippen molar-refractivity contribution in [3.05, 3.63) is 23.9 Å². The summed E-state index contributed by atoms with van der Waals surface area (Å²) >= 11 is 0. The Morgan fingerprint density at radius 1 is 1.32 bits per heavy atom. The number of nitrogens with one attached hydrogen (secondary N) is 2. The quantitative estimate of drug-likeness (QED) is 0.632. The highest BCUT2D eigenvalue weighted by molar-refractivity contribution is 5.73. The van der Waals surface area contributed by atoms with E-state index in [4.69, 9.17) is 9.90 Å². The number of rotatable bonds is 5. The van der Waals surface area contributed by atoms with Gasteiger partial charge in [0, 0.05) is 51.9 Å². The first-order valence-electron chi connectivity index (χ1n) is 10.3. The fraction of sp³-hybridized carbons (Fsp3) is 0.650. The number of anilines is 1. The van der Waals surface area contributed by atoms with Gasteiger partial charge in [-0.2, -0.15) is 13.2 Å². The minimum absolute atomic E-state index is 0.163. The molecule has 2 atom stereocenters. The molecule has 8 nitrogen and oxygen atoms in total. The average molecular weight is 445 g/mol. The minimum Gasteiger partial charge on any atom is -0.475 e. The van der Waals surface area contributed by atoms with E-state index in [0.29, 0.717) is 6.04 Å². The molecular formula is C20H30F3N5O3. The number of piperazine rings is 1. The standard InChI is InChI=1S/C18H29N5O.C2HF3O2/c1-14(17-4-5-19-13-17)21-12-16-3-6-20-18(11-16)23-9-7-22(8-10-23)15(2)24;3-2(4,5)1(6)7/h3,6,11,14,17,19,21H,4-5,7-10,12-13H2,1-2H3;(H,6,7). The minimum atomic E-state index is -5.08. The van der Waals surface area contributed by atoms with Crippen molar-refractivity contribution in [3.63, 3.8) is 0 Å². The van der Waals surface area contributed by atoms with Crippen molar-refractivity contribution in [2.45, 2.75) is 39.0 Å². The van der Waals surface area contributed by atoms with E-state index in [2.05, 4.69) is 39.6 Å². The summed E-state index contributed by atoms with van der Waals surface area (Å²) in [6, 6.07) is 4.79. The van der Waals surface area contributed by atoms with E-state index in [9.17, 15) is 18.0 Å². The molecule has 3 rings (SSSR count). The van der Waals surface area contributed by atoms with E-state index in [1.165, 1.54) is 12.0 Å². The number of halogens is 3. The number of carboxylic acids is 1. The second-order valence-electron chi connectivity index (χ2n) is 7.74. The second kappa shape index (κ2) is 11.3. The van der Waals surface area contributed by atoms with E-state index in [-0.39, 0.29) is 5.91 Å². The van der Waals surface area contributed by atoms with Gasteiger partial charge in [0.1, 0.15) is 5.82 Å². The summed E-state index contributed by atoms with van der Waals surface area (Å²) in [6.07, 6.45) is -1.93. The summed E-state index contributed by atoms with van der Waals surface area (Å²) in [7, 11) is 0. The molecule has 0 radical (unpaired) electrons. The molecule has 0 saturated carbocycles. The molecule has 1 amide bonds. The van der Waals surface area contributed by atoms with Crippen molar-refractivity contribution in [2.24, 2.45) is 5.92 Å². The molecule has 3 N–H and O–H groups in total. The zero-order chi connectivity index (χ0) is 23.0. The van der Waals surface area contributed by atoms with Gasteiger partial charge in [-0.3, -0.25) is 4.79 Å². The number of aromatic nitrogens is 1. The normalized spacial score (nSPS) is 20.1. The van der Waals surface area contributed by atoms with Crippen LogP contribution in [0.5, 0.6) is 0 Å². The maximum atomic E-state index is 11.4. The molecule has 2 aliphatic rings. The highest BCUT2D eigenvalue weighted by atomic mass is 19.4. The summed E-state index contributed by atoms with van der Waals surface area (Å²) in [5.74, 6) is -0.845. The van der Waals surface area contributed by atoms with Gasteiger partial charge in [-0.05, 0) is 50.0 Å². The van der Waals surface area contributed by atoms with Gasteiger partial charge in [0.15, 0.2) is 0 Å². The number of aliphatic carboxylic acids is 1. The van der Waals surface area contributed by atoms with Crippen molar-refractivity contribution in [1.29, 1.82) is 0 Å². The molecule has 3 heterocycles. The van der Waals surface area contributed by atoms with Crippen LogP contribution in [0.4, 0.5) is 19.0 Å². The zero-order valence-corrected chi connectivity index (χ0v) is 17.8. The molecule has 0 spiro atoms. The summed E-state index contributed by atoms with van der Waals surface area (Å²) in [5, 5.41) is 14.2. The number of amides is 1. The third-order valence-corrected chi connectivity index (χ3v) is 5.54. The monoisotopic (exact) mass is 445 g/mol. The first-order valence-corrected chi connectivity index (χ1v) is 10.3. The number of nitrogens with zero attached hydrogens (tertiary/aromatic N) is 3. The molecule has 2 fully saturated rings. The van der Waals surface area contributed by atoms with E-state index in [1.807, 2.05) is 11.1 Å². The van der Waals surface area contributed by atoms with Crippen LogP contribution in [0.3, 0.4) is 0 Å². The van der Waals surface area contributed by atoms with Crippen LogP contribution in [-0.2, 0) is 16.1 Å². The molecule has 1 aromatic heterocycles. The fourth-order valence-corrected chi connectivity index (χ4v) is 3.54. The maximum Gasteiger partial charge on any atom is 0.490 e. The Morgan fingerprint density at radius 3 is 2.48 bits per heavy atom. The van der Waals surface area contributed by atoms with Crippen molar-refractivity contribution in [3.8, 4) is 0 Å². The topological polar surface area (TPSA) is 97.8 Å². The first-order chi connectivity index (χ1) is 14.6. The molecule has 11 heteroatoms. The molecular weight excluding hydrogens is 415 g/mol. The number of carboxylic acid groups (broad SMARTS) is 1. The Morgan fingerprint density at radius 2 is 1.97 bits per heavy atom. The number of hydrogen-bond donors (Lipinski definition) is 3. The van der Waals surface area contributed by atoms with Gasteiger partial charge in [0.2, 0.25) is 5.91 Å². The molecule has 2 unspecified atom stereocenters. The molecule has 2 saturated heterocycles. The van der Waals surface area contributed by atoms with Gasteiger partial charge >= 0.3 is 12.1 Å². The lowest BCUT2D eigenvalue weighted by Gasteiger charge is -2.35. The van der Waals surface area contributed by atoms with Crippen LogP contribution in [0.2, 0.25) is 0 Å². The lowest BCUT2D eigenvalue weighted by atomic mass is 10.0. The van der Waals surface area contributed by atoms with Gasteiger partial charge in [-0.25, -0.2) is 9.78 Å². The lowest BCUT2D eigenvalue weighted by Crippen LogP contribution is -2.48. The Kier molecular flexibility index (Phi) is 9.05. The molecule has 1 aromatic rings. The van der Waals surface area contributed by atoms with E-state index >= 15 is 0 Å². The summed E-state index contributed by atoms with van der Waals surface area (Å²) in [4.78, 5) is 29.0. The Bertz CT molecular complexity index is 733. The molecule has 2 aliphatic heterocycles. The Labute approximate surface area is 179 Å². The second-order valence-corrected chi connectivity index (χ2v) is 7.74. The molecule has 0 aromatic carbocycles. The summed E-state index contributed by atoms with van der Waals surface area (Å²) in [5.41, 5.74) is 1.27. The Balaban J connectivity index is 0.000000423. The van der Waals surface area contributed by atoms with Crippen LogP contribution in [0, 0.1) is 5.92 Å². The molecule has 31 heavy (non-hydrogen) atoms. The van der Waals surface area contributed by atoms with Crippen molar-refractivity contribution in [1.82, 2.24) is 20.5 Å². The van der Waals surface area contributed by atoms with Crippen LogP contribution in [0.15, 0.2) is 18.3 Å². The number of carbonyl (C=O) groups excluding carboxylic acids is 1. The van der Waals surface area contributed by atoms with Gasteiger partial charge in [0.25, 0.3) is 0 Å². The van der Waals surface area contributed by atoms with Crippen molar-refractivity contribution >= 4 is 17.7 Å². The highest BCUT2D eigenvalue weighted by Gasteiger charge is 2.38. The number of pyridine rings is 1. The predicted octanol–water partition coefficient (Wildman–Crippen LogP) is 1.47. The van der Waals surface area contributed by atoms with Gasteiger partial charge < -0.3 is 25.5 Å². The summed E-state index contributed by atoms with van der Waals surface area (Å²) in [6.45, 7) is 10.3. The average Bonchev–Trinajstić information content (AvgIpc) is 3.27. The van der Waals surface area contributed by atoms with Crippen LogP contribution < -0.4 is 15.5 Å². The molecule has 0 aliphatic carbocycles. The van der Waals surface area contributed by atoms with Gasteiger partial charge in [-0.1, -0.05) is 0 Å². The maximum absolute atomic E-state index is 11.4. The number of carbonyl (C=O) groups is 2. The molecule has 0 bridgehead atoms. The zero-order valence-electron chi connectivity index (χ0n) is 17.8. The predicted molar refractivity (Wildman–Crippen MR) is 110 cm³/mol. The van der Waals surface area contributed by atoms with Crippen LogP contribution >= 0.6 is 0 Å². The van der Waals surface area contributed by atoms with Crippen molar-refractivity contribution in [2.75, 3.05) is 44.2 Å². The largest absolute Gasteiger partial charge is 0.490 e. The third kappa shape index (κ3) is 7.98.